The number of carbonyl (C=O) groups excluding carboxylic acids is 1. The number of esters is 1. The number of rotatable bonds is 9. The van der Waals surface area contributed by atoms with Gasteiger partial charge in [0.2, 0.25) is 0 Å². The van der Waals surface area contributed by atoms with Crippen LogP contribution in [0.15, 0.2) is 18.2 Å². The Hall–Kier alpha value is -2.03. The van der Waals surface area contributed by atoms with Crippen molar-refractivity contribution >= 4 is 5.97 Å². The van der Waals surface area contributed by atoms with E-state index in [9.17, 15) is 35.4 Å². The minimum Gasteiger partial charge on any atom is -0.508 e. The first-order valence-corrected chi connectivity index (χ1v) is 9.11. The summed E-state index contributed by atoms with van der Waals surface area (Å²) in [4.78, 5) is 11.8. The maximum Gasteiger partial charge on any atom is 0.307 e. The second-order valence-corrected chi connectivity index (χ2v) is 6.91. The van der Waals surface area contributed by atoms with Crippen LogP contribution in [0.1, 0.15) is 18.4 Å². The van der Waals surface area contributed by atoms with Crippen molar-refractivity contribution < 1.29 is 59.9 Å². The fourth-order valence-corrected chi connectivity index (χ4v) is 2.93. The first kappa shape index (κ1) is 24.2. The first-order chi connectivity index (χ1) is 14.1. The molecule has 0 aromatic heterocycles. The molecule has 12 nitrogen and oxygen atoms in total. The zero-order valence-corrected chi connectivity index (χ0v) is 15.8. The maximum atomic E-state index is 11.8. The van der Waals surface area contributed by atoms with Crippen LogP contribution in [-0.2, 0) is 25.4 Å². The Morgan fingerprint density at radius 1 is 1.00 bits per heavy atom. The molecule has 0 radical (unpaired) electrons. The predicted molar refractivity (Wildman–Crippen MR) is 95.7 cm³/mol. The van der Waals surface area contributed by atoms with Crippen LogP contribution in [0, 0.1) is 0 Å². The fourth-order valence-electron chi connectivity index (χ4n) is 2.93. The Bertz CT molecular complexity index is 675. The Morgan fingerprint density at radius 2 is 1.63 bits per heavy atom. The summed E-state index contributed by atoms with van der Waals surface area (Å²) in [6.45, 7) is -0.700. The molecule has 0 aliphatic carbocycles. The molecule has 1 aromatic carbocycles. The average molecular weight is 434 g/mol. The molecule has 1 heterocycles. The summed E-state index contributed by atoms with van der Waals surface area (Å²) in [6.07, 6.45) is -11.7. The van der Waals surface area contributed by atoms with E-state index in [1.165, 1.54) is 12.1 Å². The van der Waals surface area contributed by atoms with Crippen molar-refractivity contribution in [2.45, 2.75) is 62.4 Å². The van der Waals surface area contributed by atoms with Crippen molar-refractivity contribution in [1.29, 1.82) is 0 Å². The molecule has 1 aliphatic heterocycles. The van der Waals surface area contributed by atoms with Crippen LogP contribution in [0.25, 0.3) is 0 Å². The van der Waals surface area contributed by atoms with Gasteiger partial charge in [-0.1, -0.05) is 0 Å². The number of benzene rings is 1. The van der Waals surface area contributed by atoms with Gasteiger partial charge in [0.25, 0.3) is 0 Å². The number of hydrogen-bond donors (Lipinski definition) is 8. The normalized spacial score (nSPS) is 27.8. The largest absolute Gasteiger partial charge is 0.508 e. The number of ether oxygens (including phenoxy) is 3. The van der Waals surface area contributed by atoms with Gasteiger partial charge in [0, 0.05) is 12.5 Å². The van der Waals surface area contributed by atoms with Gasteiger partial charge in [0.05, 0.1) is 6.10 Å². The molecule has 30 heavy (non-hydrogen) atoms. The molecule has 0 bridgehead atoms. The average Bonchev–Trinajstić information content (AvgIpc) is 2.65. The van der Waals surface area contributed by atoms with E-state index in [0.29, 0.717) is 5.56 Å². The van der Waals surface area contributed by atoms with Crippen molar-refractivity contribution in [3.8, 4) is 11.5 Å². The number of phenolic OH excluding ortho intramolecular Hbond substituents is 2. The van der Waals surface area contributed by atoms with Crippen LogP contribution in [-0.4, -0.2) is 96.7 Å². The Morgan fingerprint density at radius 3 is 2.23 bits per heavy atom. The van der Waals surface area contributed by atoms with Gasteiger partial charge >= 0.3 is 5.97 Å². The summed E-state index contributed by atoms with van der Waals surface area (Å²) in [6, 6.07) is 3.88. The molecule has 0 amide bonds. The number of aliphatic hydroxyl groups excluding tert-OH is 5. The highest BCUT2D eigenvalue weighted by Gasteiger charge is 2.46. The van der Waals surface area contributed by atoms with Crippen LogP contribution < -0.4 is 0 Å². The highest BCUT2D eigenvalue weighted by Crippen LogP contribution is 2.24. The second-order valence-electron chi connectivity index (χ2n) is 6.91. The van der Waals surface area contributed by atoms with E-state index in [4.69, 9.17) is 24.4 Å². The van der Waals surface area contributed by atoms with E-state index in [-0.39, 0.29) is 30.8 Å². The van der Waals surface area contributed by atoms with E-state index in [2.05, 4.69) is 0 Å². The van der Waals surface area contributed by atoms with Gasteiger partial charge in [-0.25, -0.2) is 0 Å². The molecule has 6 unspecified atom stereocenters. The van der Waals surface area contributed by atoms with Crippen LogP contribution in [0.3, 0.4) is 0 Å². The molecular formula is C18H26O12. The van der Waals surface area contributed by atoms with Crippen molar-refractivity contribution in [3.63, 3.8) is 0 Å². The summed E-state index contributed by atoms with van der Waals surface area (Å²) < 4.78 is 14.7. The van der Waals surface area contributed by atoms with E-state index in [1.807, 2.05) is 0 Å². The number of aromatic hydroxyl groups is 2. The van der Waals surface area contributed by atoms with Gasteiger partial charge in [-0.05, 0) is 30.5 Å². The number of phenols is 2. The molecular weight excluding hydrogens is 408 g/mol. The Labute approximate surface area is 171 Å². The van der Waals surface area contributed by atoms with E-state index >= 15 is 0 Å². The predicted octanol–water partition coefficient (Wildman–Crippen LogP) is -2.58. The van der Waals surface area contributed by atoms with Gasteiger partial charge in [0.15, 0.2) is 19.4 Å². The highest BCUT2D eigenvalue weighted by atomic mass is 16.8. The lowest BCUT2D eigenvalue weighted by molar-refractivity contribution is -0.337. The molecule has 1 aromatic rings. The molecule has 1 saturated heterocycles. The van der Waals surface area contributed by atoms with Crippen LogP contribution in [0.5, 0.6) is 11.5 Å². The lowest BCUT2D eigenvalue weighted by Gasteiger charge is -2.40. The quantitative estimate of drug-likeness (QED) is 0.149. The number of carbonyl (C=O) groups is 1. The minimum atomic E-state index is -2.15. The molecule has 12 heteroatoms. The van der Waals surface area contributed by atoms with Crippen molar-refractivity contribution in [2.75, 3.05) is 6.79 Å². The molecule has 0 spiro atoms. The number of hydrogen-bond acceptors (Lipinski definition) is 12. The zero-order valence-electron chi connectivity index (χ0n) is 15.8. The summed E-state index contributed by atoms with van der Waals surface area (Å²) in [5.41, 5.74) is 0.474. The summed E-state index contributed by atoms with van der Waals surface area (Å²) in [7, 11) is 0. The van der Waals surface area contributed by atoms with Crippen LogP contribution >= 0.6 is 0 Å². The van der Waals surface area contributed by atoms with E-state index < -0.39 is 55.9 Å². The third-order valence-corrected chi connectivity index (χ3v) is 4.47. The van der Waals surface area contributed by atoms with Crippen LogP contribution in [0.2, 0.25) is 0 Å². The topological polar surface area (TPSA) is 207 Å². The van der Waals surface area contributed by atoms with Gasteiger partial charge in [0.1, 0.15) is 35.9 Å². The number of aliphatic hydroxyl groups is 6. The Balaban J connectivity index is 1.72. The van der Waals surface area contributed by atoms with Crippen molar-refractivity contribution in [1.82, 2.24) is 0 Å². The molecule has 1 aliphatic rings. The fraction of sp³-hybridized carbons (Fsp3) is 0.611. The first-order valence-electron chi connectivity index (χ1n) is 9.11. The van der Waals surface area contributed by atoms with Gasteiger partial charge in [-0.3, -0.25) is 4.79 Å². The Kier molecular flexibility index (Phi) is 8.76. The lowest BCUT2D eigenvalue weighted by atomic mass is 9.98. The van der Waals surface area contributed by atoms with Gasteiger partial charge < -0.3 is 55.1 Å². The molecule has 1 fully saturated rings. The van der Waals surface area contributed by atoms with E-state index in [0.717, 1.165) is 6.07 Å². The van der Waals surface area contributed by atoms with E-state index in [1.54, 1.807) is 0 Å². The summed E-state index contributed by atoms with van der Waals surface area (Å²) >= 11 is 0. The third-order valence-electron chi connectivity index (χ3n) is 4.47. The van der Waals surface area contributed by atoms with Gasteiger partial charge in [-0.2, -0.15) is 0 Å². The maximum absolute atomic E-state index is 11.8. The highest BCUT2D eigenvalue weighted by molar-refractivity contribution is 5.69. The molecule has 2 rings (SSSR count). The van der Waals surface area contributed by atoms with Crippen molar-refractivity contribution in [2.24, 2.45) is 0 Å². The molecule has 6 atom stereocenters. The molecule has 0 saturated carbocycles. The zero-order chi connectivity index (χ0) is 22.4. The van der Waals surface area contributed by atoms with Gasteiger partial charge in [-0.15, -0.1) is 0 Å². The SMILES string of the molecule is O=C(CCC(O)Cc1cc(O)cc(O)c1)OCOC1OC(C(O)O)C(O)C(O)C1O. The minimum absolute atomic E-state index is 0.0154. The third kappa shape index (κ3) is 6.75. The summed E-state index contributed by atoms with van der Waals surface area (Å²) in [5.74, 6) is -1.07. The second kappa shape index (κ2) is 10.8. The summed E-state index contributed by atoms with van der Waals surface area (Å²) in [5, 5.41) is 76.2. The lowest BCUT2D eigenvalue weighted by Crippen LogP contribution is -2.61. The standard InChI is InChI=1S/C18H26O12/c19-9(3-8-4-10(20)6-11(21)5-8)1-2-12(22)28-7-29-18-15(25)13(23)14(24)16(30-18)17(26)27/h4-6,9,13-21,23-27H,1-3,7H2. The molecule has 170 valence electrons. The van der Waals surface area contributed by atoms with Crippen LogP contribution in [0.4, 0.5) is 0 Å². The monoisotopic (exact) mass is 434 g/mol. The molecule has 8 N–H and O–H groups in total. The smallest absolute Gasteiger partial charge is 0.307 e. The van der Waals surface area contributed by atoms with Crippen molar-refractivity contribution in [3.05, 3.63) is 23.8 Å².